The molecular weight excluding hydrogens is 330 g/mol. The molecular formula is C19H25N5O2. The van der Waals surface area contributed by atoms with Crippen molar-refractivity contribution >= 4 is 11.7 Å². The first-order valence-electron chi connectivity index (χ1n) is 8.92. The zero-order valence-electron chi connectivity index (χ0n) is 15.0. The lowest BCUT2D eigenvalue weighted by molar-refractivity contribution is -0.123. The van der Waals surface area contributed by atoms with Crippen LogP contribution in [-0.4, -0.2) is 52.1 Å². The molecule has 138 valence electrons. The Morgan fingerprint density at radius 3 is 2.96 bits per heavy atom. The quantitative estimate of drug-likeness (QED) is 0.729. The number of aromatic hydroxyl groups is 1. The summed E-state index contributed by atoms with van der Waals surface area (Å²) in [6, 6.07) is 8.92. The molecule has 1 fully saturated rings. The molecule has 2 aromatic rings. The fourth-order valence-electron chi connectivity index (χ4n) is 3.28. The van der Waals surface area contributed by atoms with Crippen LogP contribution in [-0.2, 0) is 4.79 Å². The van der Waals surface area contributed by atoms with Crippen molar-refractivity contribution in [3.8, 4) is 17.1 Å². The fraction of sp³-hybridized carbons (Fsp3) is 0.421. The predicted octanol–water partition coefficient (Wildman–Crippen LogP) is 1.77. The number of hydrogen-bond acceptors (Lipinski definition) is 6. The van der Waals surface area contributed by atoms with E-state index < -0.39 is 0 Å². The van der Waals surface area contributed by atoms with Crippen molar-refractivity contribution in [2.75, 3.05) is 31.5 Å². The molecule has 1 aromatic heterocycles. The van der Waals surface area contributed by atoms with Crippen LogP contribution < -0.4 is 11.1 Å². The summed E-state index contributed by atoms with van der Waals surface area (Å²) in [6.45, 7) is 5.14. The van der Waals surface area contributed by atoms with E-state index >= 15 is 0 Å². The monoisotopic (exact) mass is 355 g/mol. The number of primary amides is 1. The third-order valence-corrected chi connectivity index (χ3v) is 4.64. The summed E-state index contributed by atoms with van der Waals surface area (Å²) < 4.78 is 0. The zero-order valence-corrected chi connectivity index (χ0v) is 15.0. The highest BCUT2D eigenvalue weighted by Crippen LogP contribution is 2.26. The highest BCUT2D eigenvalue weighted by Gasteiger charge is 2.23. The van der Waals surface area contributed by atoms with Crippen molar-refractivity contribution in [2.24, 2.45) is 11.7 Å². The molecule has 0 unspecified atom stereocenters. The van der Waals surface area contributed by atoms with Crippen LogP contribution >= 0.6 is 0 Å². The summed E-state index contributed by atoms with van der Waals surface area (Å²) in [4.78, 5) is 22.6. The van der Waals surface area contributed by atoms with Gasteiger partial charge in [0.05, 0.1) is 11.5 Å². The van der Waals surface area contributed by atoms with Crippen molar-refractivity contribution in [1.82, 2.24) is 14.9 Å². The number of amides is 1. The molecule has 26 heavy (non-hydrogen) atoms. The van der Waals surface area contributed by atoms with Gasteiger partial charge in [-0.3, -0.25) is 4.79 Å². The number of piperidine rings is 1. The number of nitrogens with two attached hydrogens (primary N) is 1. The number of rotatable bonds is 6. The molecule has 1 saturated heterocycles. The SMILES string of the molecule is Cc1cc(NCCN2CCC[C@H](C(N)=O)C2)nc(-c2ccccc2O)n1. The number of aromatic nitrogens is 2. The van der Waals surface area contributed by atoms with E-state index in [2.05, 4.69) is 20.2 Å². The first kappa shape index (κ1) is 18.1. The highest BCUT2D eigenvalue weighted by atomic mass is 16.3. The lowest BCUT2D eigenvalue weighted by Crippen LogP contribution is -2.42. The summed E-state index contributed by atoms with van der Waals surface area (Å²) in [5.41, 5.74) is 6.87. The first-order chi connectivity index (χ1) is 12.5. The molecule has 0 radical (unpaired) electrons. The minimum absolute atomic E-state index is 0.0438. The largest absolute Gasteiger partial charge is 0.507 e. The van der Waals surface area contributed by atoms with Gasteiger partial charge in [-0.05, 0) is 38.4 Å². The summed E-state index contributed by atoms with van der Waals surface area (Å²) in [5, 5.41) is 13.3. The molecule has 0 spiro atoms. The molecule has 7 nitrogen and oxygen atoms in total. The Labute approximate surface area is 153 Å². The van der Waals surface area contributed by atoms with Crippen molar-refractivity contribution in [3.05, 3.63) is 36.0 Å². The Hall–Kier alpha value is -2.67. The maximum absolute atomic E-state index is 11.4. The molecule has 0 aliphatic carbocycles. The van der Waals surface area contributed by atoms with Gasteiger partial charge in [-0.1, -0.05) is 12.1 Å². The van der Waals surface area contributed by atoms with E-state index in [0.717, 1.165) is 44.0 Å². The maximum atomic E-state index is 11.4. The standard InChI is InChI=1S/C19H25N5O2/c1-13-11-17(23-19(22-13)15-6-2-3-7-16(15)25)21-8-10-24-9-4-5-14(12-24)18(20)26/h2-3,6-7,11,14,25H,4-5,8-10,12H2,1H3,(H2,20,26)(H,21,22,23)/t14-/m0/s1. The third kappa shape index (κ3) is 4.49. The van der Waals surface area contributed by atoms with Crippen LogP contribution in [0.5, 0.6) is 5.75 Å². The van der Waals surface area contributed by atoms with E-state index in [-0.39, 0.29) is 17.6 Å². The molecule has 1 amide bonds. The fourth-order valence-corrected chi connectivity index (χ4v) is 3.28. The lowest BCUT2D eigenvalue weighted by atomic mass is 9.97. The Morgan fingerprint density at radius 2 is 2.19 bits per heavy atom. The first-order valence-corrected chi connectivity index (χ1v) is 8.92. The van der Waals surface area contributed by atoms with Gasteiger partial charge in [0.15, 0.2) is 5.82 Å². The zero-order chi connectivity index (χ0) is 18.5. The third-order valence-electron chi connectivity index (χ3n) is 4.64. The van der Waals surface area contributed by atoms with Gasteiger partial charge in [-0.15, -0.1) is 0 Å². The number of para-hydroxylation sites is 1. The molecule has 1 aromatic carbocycles. The number of phenols is 1. The number of carbonyl (C=O) groups excluding carboxylic acids is 1. The van der Waals surface area contributed by atoms with Crippen LogP contribution in [0, 0.1) is 12.8 Å². The van der Waals surface area contributed by atoms with Crippen LogP contribution in [0.15, 0.2) is 30.3 Å². The lowest BCUT2D eigenvalue weighted by Gasteiger charge is -2.31. The van der Waals surface area contributed by atoms with Gasteiger partial charge in [0.1, 0.15) is 11.6 Å². The average molecular weight is 355 g/mol. The summed E-state index contributed by atoms with van der Waals surface area (Å²) in [6.07, 6.45) is 1.88. The van der Waals surface area contributed by atoms with Crippen molar-refractivity contribution in [2.45, 2.75) is 19.8 Å². The Kier molecular flexibility index (Phi) is 5.68. The van der Waals surface area contributed by atoms with E-state index in [1.165, 1.54) is 0 Å². The number of phenolic OH excluding ortho intramolecular Hbond substituents is 1. The van der Waals surface area contributed by atoms with E-state index in [1.807, 2.05) is 19.1 Å². The van der Waals surface area contributed by atoms with E-state index in [0.29, 0.717) is 17.9 Å². The van der Waals surface area contributed by atoms with Crippen molar-refractivity contribution in [3.63, 3.8) is 0 Å². The van der Waals surface area contributed by atoms with Gasteiger partial charge >= 0.3 is 0 Å². The second kappa shape index (κ2) is 8.14. The second-order valence-electron chi connectivity index (χ2n) is 6.70. The number of aryl methyl sites for hydroxylation is 1. The Bertz CT molecular complexity index is 780. The molecule has 1 atom stereocenters. The van der Waals surface area contributed by atoms with Gasteiger partial charge in [0.25, 0.3) is 0 Å². The summed E-state index contributed by atoms with van der Waals surface area (Å²) >= 11 is 0. The minimum Gasteiger partial charge on any atom is -0.507 e. The number of nitrogens with one attached hydrogen (secondary N) is 1. The van der Waals surface area contributed by atoms with Gasteiger partial charge in [0, 0.05) is 31.4 Å². The number of anilines is 1. The van der Waals surface area contributed by atoms with Crippen LogP contribution in [0.3, 0.4) is 0 Å². The average Bonchev–Trinajstić information content (AvgIpc) is 2.62. The molecule has 4 N–H and O–H groups in total. The van der Waals surface area contributed by atoms with E-state index in [1.54, 1.807) is 18.2 Å². The number of carbonyl (C=O) groups is 1. The molecule has 0 bridgehead atoms. The number of nitrogens with zero attached hydrogens (tertiary/aromatic N) is 3. The summed E-state index contributed by atoms with van der Waals surface area (Å²) in [5.74, 6) is 1.13. The normalized spacial score (nSPS) is 17.8. The second-order valence-corrected chi connectivity index (χ2v) is 6.70. The smallest absolute Gasteiger partial charge is 0.221 e. The Morgan fingerprint density at radius 1 is 1.38 bits per heavy atom. The molecule has 1 aliphatic heterocycles. The van der Waals surface area contributed by atoms with Crippen molar-refractivity contribution in [1.29, 1.82) is 0 Å². The number of hydrogen-bond donors (Lipinski definition) is 3. The number of benzene rings is 1. The van der Waals surface area contributed by atoms with Gasteiger partial charge in [-0.2, -0.15) is 0 Å². The topological polar surface area (TPSA) is 104 Å². The molecule has 7 heteroatoms. The minimum atomic E-state index is -0.207. The van der Waals surface area contributed by atoms with Crippen LogP contribution in [0.2, 0.25) is 0 Å². The van der Waals surface area contributed by atoms with E-state index in [9.17, 15) is 9.90 Å². The van der Waals surface area contributed by atoms with Crippen molar-refractivity contribution < 1.29 is 9.90 Å². The molecule has 3 rings (SSSR count). The van der Waals surface area contributed by atoms with Crippen LogP contribution in [0.4, 0.5) is 5.82 Å². The highest BCUT2D eigenvalue weighted by molar-refractivity contribution is 5.76. The van der Waals surface area contributed by atoms with Gasteiger partial charge in [-0.25, -0.2) is 9.97 Å². The molecule has 0 saturated carbocycles. The number of likely N-dealkylation sites (tertiary alicyclic amines) is 1. The maximum Gasteiger partial charge on any atom is 0.221 e. The predicted molar refractivity (Wildman–Crippen MR) is 101 cm³/mol. The van der Waals surface area contributed by atoms with E-state index in [4.69, 9.17) is 5.73 Å². The van der Waals surface area contributed by atoms with Gasteiger partial charge < -0.3 is 21.1 Å². The molecule has 2 heterocycles. The van der Waals surface area contributed by atoms with Crippen LogP contribution in [0.1, 0.15) is 18.5 Å². The molecule has 1 aliphatic rings. The van der Waals surface area contributed by atoms with Gasteiger partial charge in [0.2, 0.25) is 5.91 Å². The van der Waals surface area contributed by atoms with Crippen LogP contribution in [0.25, 0.3) is 11.4 Å². The Balaban J connectivity index is 1.62. The summed E-state index contributed by atoms with van der Waals surface area (Å²) in [7, 11) is 0.